The molecule has 0 aliphatic heterocycles. The Morgan fingerprint density at radius 1 is 1.53 bits per heavy atom. The molecular weight excluding hydrogens is 197 g/mol. The van der Waals surface area contributed by atoms with E-state index in [4.69, 9.17) is 10.5 Å². The maximum absolute atomic E-state index is 13.9. The van der Waals surface area contributed by atoms with Crippen LogP contribution in [0.25, 0.3) is 0 Å². The van der Waals surface area contributed by atoms with Gasteiger partial charge in [-0.2, -0.15) is 0 Å². The molecule has 0 spiro atoms. The van der Waals surface area contributed by atoms with Crippen molar-refractivity contribution in [3.8, 4) is 11.5 Å². The van der Waals surface area contributed by atoms with Crippen molar-refractivity contribution in [2.75, 3.05) is 13.7 Å². The van der Waals surface area contributed by atoms with Crippen molar-refractivity contribution in [1.82, 2.24) is 0 Å². The SMILES string of the molecule is COc1ccc(O)c(C2(CN)CC2)c1F. The van der Waals surface area contributed by atoms with Crippen molar-refractivity contribution in [2.24, 2.45) is 5.73 Å². The molecule has 15 heavy (non-hydrogen) atoms. The van der Waals surface area contributed by atoms with Gasteiger partial charge in [0.1, 0.15) is 5.75 Å². The molecule has 0 aromatic heterocycles. The fraction of sp³-hybridized carbons (Fsp3) is 0.455. The van der Waals surface area contributed by atoms with E-state index >= 15 is 0 Å². The number of hydrogen-bond donors (Lipinski definition) is 2. The van der Waals surface area contributed by atoms with Crippen molar-refractivity contribution in [1.29, 1.82) is 0 Å². The van der Waals surface area contributed by atoms with Gasteiger partial charge in [-0.15, -0.1) is 0 Å². The summed E-state index contributed by atoms with van der Waals surface area (Å²) in [4.78, 5) is 0. The van der Waals surface area contributed by atoms with Gasteiger partial charge in [0.05, 0.1) is 7.11 Å². The van der Waals surface area contributed by atoms with Gasteiger partial charge in [-0.1, -0.05) is 0 Å². The number of methoxy groups -OCH3 is 1. The molecule has 0 heterocycles. The summed E-state index contributed by atoms with van der Waals surface area (Å²) in [5.41, 5.74) is 5.55. The van der Waals surface area contributed by atoms with Gasteiger partial charge >= 0.3 is 0 Å². The Labute approximate surface area is 87.7 Å². The van der Waals surface area contributed by atoms with Crippen molar-refractivity contribution < 1.29 is 14.2 Å². The molecule has 3 N–H and O–H groups in total. The maximum Gasteiger partial charge on any atom is 0.172 e. The highest BCUT2D eigenvalue weighted by atomic mass is 19.1. The summed E-state index contributed by atoms with van der Waals surface area (Å²) in [6, 6.07) is 2.87. The lowest BCUT2D eigenvalue weighted by Gasteiger charge is -2.17. The molecule has 0 unspecified atom stereocenters. The largest absolute Gasteiger partial charge is 0.508 e. The van der Waals surface area contributed by atoms with Gasteiger partial charge in [0.15, 0.2) is 11.6 Å². The van der Waals surface area contributed by atoms with Crippen LogP contribution in [0.2, 0.25) is 0 Å². The summed E-state index contributed by atoms with van der Waals surface area (Å²) in [7, 11) is 1.40. The van der Waals surface area contributed by atoms with Gasteiger partial charge in [0, 0.05) is 17.5 Å². The number of ether oxygens (including phenoxy) is 1. The Morgan fingerprint density at radius 3 is 2.67 bits per heavy atom. The van der Waals surface area contributed by atoms with E-state index in [1.54, 1.807) is 0 Å². The molecule has 0 bridgehead atoms. The third-order valence-electron chi connectivity index (χ3n) is 3.08. The molecule has 82 valence electrons. The van der Waals surface area contributed by atoms with E-state index < -0.39 is 5.82 Å². The van der Waals surface area contributed by atoms with Crippen LogP contribution in [0, 0.1) is 5.82 Å². The second-order valence-electron chi connectivity index (χ2n) is 3.96. The topological polar surface area (TPSA) is 55.5 Å². The zero-order valence-corrected chi connectivity index (χ0v) is 8.59. The summed E-state index contributed by atoms with van der Waals surface area (Å²) in [5, 5.41) is 9.67. The number of benzene rings is 1. The number of nitrogens with two attached hydrogens (primary N) is 1. The van der Waals surface area contributed by atoms with Gasteiger partial charge in [-0.05, 0) is 25.0 Å². The molecular formula is C11H14FNO2. The fourth-order valence-corrected chi connectivity index (χ4v) is 1.92. The first kappa shape index (κ1) is 10.2. The predicted octanol–water partition coefficient (Wildman–Crippen LogP) is 1.53. The molecule has 0 saturated heterocycles. The third kappa shape index (κ3) is 1.45. The monoisotopic (exact) mass is 211 g/mol. The highest BCUT2D eigenvalue weighted by Gasteiger charge is 2.47. The Bertz CT molecular complexity index is 388. The van der Waals surface area contributed by atoms with E-state index in [1.807, 2.05) is 0 Å². The van der Waals surface area contributed by atoms with Crippen LogP contribution in [0.4, 0.5) is 4.39 Å². The minimum Gasteiger partial charge on any atom is -0.508 e. The number of hydrogen-bond acceptors (Lipinski definition) is 3. The van der Waals surface area contributed by atoms with E-state index in [0.717, 1.165) is 12.8 Å². The lowest BCUT2D eigenvalue weighted by molar-refractivity contribution is 0.373. The summed E-state index contributed by atoms with van der Waals surface area (Å²) in [5.74, 6) is -0.362. The van der Waals surface area contributed by atoms with Crippen LogP contribution in [0.1, 0.15) is 18.4 Å². The Hall–Kier alpha value is -1.29. The van der Waals surface area contributed by atoms with Crippen LogP contribution in [0.15, 0.2) is 12.1 Å². The number of rotatable bonds is 3. The van der Waals surface area contributed by atoms with Crippen LogP contribution >= 0.6 is 0 Å². The van der Waals surface area contributed by atoms with E-state index in [2.05, 4.69) is 0 Å². The minimum absolute atomic E-state index is 0.0312. The summed E-state index contributed by atoms with van der Waals surface area (Å²) >= 11 is 0. The van der Waals surface area contributed by atoms with Crippen LogP contribution < -0.4 is 10.5 Å². The quantitative estimate of drug-likeness (QED) is 0.797. The minimum atomic E-state index is -0.486. The Kier molecular flexibility index (Phi) is 2.31. The average Bonchev–Trinajstić information content (AvgIpc) is 2.99. The predicted molar refractivity (Wildman–Crippen MR) is 54.6 cm³/mol. The summed E-state index contributed by atoms with van der Waals surface area (Å²) in [6.07, 6.45) is 1.64. The van der Waals surface area contributed by atoms with Crippen LogP contribution in [-0.4, -0.2) is 18.8 Å². The smallest absolute Gasteiger partial charge is 0.172 e. The first-order chi connectivity index (χ1) is 7.14. The molecule has 4 heteroatoms. The second kappa shape index (κ2) is 3.38. The first-order valence-electron chi connectivity index (χ1n) is 4.90. The molecule has 1 aliphatic rings. The second-order valence-corrected chi connectivity index (χ2v) is 3.96. The van der Waals surface area contributed by atoms with Gasteiger partial charge in [-0.25, -0.2) is 4.39 Å². The Morgan fingerprint density at radius 2 is 2.20 bits per heavy atom. The highest BCUT2D eigenvalue weighted by molar-refractivity contribution is 5.48. The van der Waals surface area contributed by atoms with Gasteiger partial charge < -0.3 is 15.6 Å². The molecule has 0 atom stereocenters. The number of phenolic OH excluding ortho intramolecular Hbond substituents is 1. The zero-order valence-electron chi connectivity index (χ0n) is 8.59. The fourth-order valence-electron chi connectivity index (χ4n) is 1.92. The van der Waals surface area contributed by atoms with Crippen molar-refractivity contribution in [2.45, 2.75) is 18.3 Å². The van der Waals surface area contributed by atoms with Crippen molar-refractivity contribution in [3.63, 3.8) is 0 Å². The summed E-state index contributed by atoms with van der Waals surface area (Å²) in [6.45, 7) is 0.352. The van der Waals surface area contributed by atoms with E-state index in [9.17, 15) is 9.50 Å². The molecule has 0 amide bonds. The third-order valence-corrected chi connectivity index (χ3v) is 3.08. The van der Waals surface area contributed by atoms with Crippen molar-refractivity contribution in [3.05, 3.63) is 23.5 Å². The molecule has 1 saturated carbocycles. The molecule has 1 aromatic carbocycles. The number of phenols is 1. The molecule has 0 radical (unpaired) electrons. The zero-order chi connectivity index (χ0) is 11.1. The van der Waals surface area contributed by atoms with Crippen LogP contribution in [0.3, 0.4) is 0 Å². The van der Waals surface area contributed by atoms with Gasteiger partial charge in [-0.3, -0.25) is 0 Å². The van der Waals surface area contributed by atoms with E-state index in [0.29, 0.717) is 12.1 Å². The first-order valence-corrected chi connectivity index (χ1v) is 4.90. The van der Waals surface area contributed by atoms with Crippen LogP contribution in [-0.2, 0) is 5.41 Å². The van der Waals surface area contributed by atoms with E-state index in [-0.39, 0.29) is 16.9 Å². The normalized spacial score (nSPS) is 17.5. The molecule has 1 fully saturated rings. The molecule has 1 aliphatic carbocycles. The maximum atomic E-state index is 13.9. The Balaban J connectivity index is 2.54. The van der Waals surface area contributed by atoms with Crippen molar-refractivity contribution >= 4 is 0 Å². The number of aromatic hydroxyl groups is 1. The highest BCUT2D eigenvalue weighted by Crippen LogP contribution is 2.52. The standard InChI is InChI=1S/C11H14FNO2/c1-15-8-3-2-7(14)9(10(8)12)11(6-13)4-5-11/h2-3,14H,4-6,13H2,1H3. The lowest BCUT2D eigenvalue weighted by Crippen LogP contribution is -2.21. The van der Waals surface area contributed by atoms with Crippen LogP contribution in [0.5, 0.6) is 11.5 Å². The van der Waals surface area contributed by atoms with E-state index in [1.165, 1.54) is 19.2 Å². The number of halogens is 1. The van der Waals surface area contributed by atoms with Gasteiger partial charge in [0.2, 0.25) is 0 Å². The molecule has 1 aromatic rings. The average molecular weight is 211 g/mol. The lowest BCUT2D eigenvalue weighted by atomic mass is 9.94. The molecule has 3 nitrogen and oxygen atoms in total. The van der Waals surface area contributed by atoms with Gasteiger partial charge in [0.25, 0.3) is 0 Å². The molecule has 2 rings (SSSR count). The summed E-state index contributed by atoms with van der Waals surface area (Å²) < 4.78 is 18.8.